The van der Waals surface area contributed by atoms with Gasteiger partial charge in [0.25, 0.3) is 0 Å². The molecule has 45 heavy (non-hydrogen) atoms. The van der Waals surface area contributed by atoms with Crippen molar-refractivity contribution < 1.29 is 22.7 Å². The Morgan fingerprint density at radius 2 is 1.87 bits per heavy atom. The number of hydrogen-bond donors (Lipinski definition) is 0. The number of ether oxygens (including phenoxy) is 2. The van der Waals surface area contributed by atoms with Crippen LogP contribution in [0.25, 0.3) is 0 Å². The first-order chi connectivity index (χ1) is 21.5. The van der Waals surface area contributed by atoms with Gasteiger partial charge in [0.15, 0.2) is 0 Å². The zero-order chi connectivity index (χ0) is 32.2. The summed E-state index contributed by atoms with van der Waals surface area (Å²) in [6.07, 6.45) is 3.65. The molecule has 0 amide bonds. The first-order valence-electron chi connectivity index (χ1n) is 15.5. The van der Waals surface area contributed by atoms with Crippen molar-refractivity contribution in [2.45, 2.75) is 90.5 Å². The quantitative estimate of drug-likeness (QED) is 0.161. The summed E-state index contributed by atoms with van der Waals surface area (Å²) in [4.78, 5) is 15.9. The maximum Gasteiger partial charge on any atom is 0.312 e. The summed E-state index contributed by atoms with van der Waals surface area (Å²) in [5, 5.41) is 8.51. The van der Waals surface area contributed by atoms with Crippen molar-refractivity contribution in [2.24, 2.45) is 5.41 Å². The highest BCUT2D eigenvalue weighted by molar-refractivity contribution is 7.89. The number of aromatic nitrogens is 3. The fraction of sp³-hybridized carbons (Fsp3) is 0.441. The van der Waals surface area contributed by atoms with E-state index in [1.165, 1.54) is 4.31 Å². The van der Waals surface area contributed by atoms with Crippen LogP contribution in [0.15, 0.2) is 71.8 Å². The van der Waals surface area contributed by atoms with Crippen molar-refractivity contribution in [3.63, 3.8) is 0 Å². The minimum absolute atomic E-state index is 0.189. The van der Waals surface area contributed by atoms with Crippen LogP contribution in [0.5, 0.6) is 5.75 Å². The van der Waals surface area contributed by atoms with Gasteiger partial charge in [0, 0.05) is 35.0 Å². The van der Waals surface area contributed by atoms with Crippen LogP contribution < -0.4 is 4.74 Å². The number of nitrogens with zero attached hydrogens (tertiary/aromatic N) is 4. The number of esters is 1. The average molecular weight is 651 g/mol. The highest BCUT2D eigenvalue weighted by atomic mass is 32.2. The van der Waals surface area contributed by atoms with Crippen LogP contribution in [-0.4, -0.2) is 46.3 Å². The fourth-order valence-corrected chi connectivity index (χ4v) is 8.61. The smallest absolute Gasteiger partial charge is 0.312 e. The minimum Gasteiger partial charge on any atom is -0.488 e. The van der Waals surface area contributed by atoms with Gasteiger partial charge in [-0.2, -0.15) is 4.31 Å². The number of fused-ring (bicyclic) bond motifs is 1. The summed E-state index contributed by atoms with van der Waals surface area (Å²) >= 11 is 1.61. The molecule has 11 heteroatoms. The van der Waals surface area contributed by atoms with E-state index in [0.717, 1.165) is 33.1 Å². The molecule has 0 radical (unpaired) electrons. The number of para-hydroxylation sites is 1. The second kappa shape index (κ2) is 13.8. The predicted octanol–water partition coefficient (Wildman–Crippen LogP) is 6.52. The molecule has 9 nitrogen and oxygen atoms in total. The number of benzene rings is 2. The highest BCUT2D eigenvalue weighted by Crippen LogP contribution is 2.44. The standard InChI is InChI=1S/C34H42N4O5S2/c1-6-28-22-38(45(40,41)32-16-12-11-15-30(32)43-28)20-26-19-31(44-24(26)3)29(18-17-27-21-37(7-2)36-35-27)34(4,5)33(39)42-23-25-13-9-8-10-14-25/h8-16,19,21,28-29H,6-7,17-18,20,22-23H2,1-5H3/t28-,29-/m1/s1. The van der Waals surface area contributed by atoms with Gasteiger partial charge in [-0.3, -0.25) is 9.48 Å². The molecule has 3 heterocycles. The number of hydrogen-bond acceptors (Lipinski definition) is 8. The first-order valence-corrected chi connectivity index (χ1v) is 17.7. The number of carbonyl (C=O) groups excluding carboxylic acids is 1. The molecule has 0 unspecified atom stereocenters. The van der Waals surface area contributed by atoms with Gasteiger partial charge in [0.2, 0.25) is 10.0 Å². The maximum absolute atomic E-state index is 13.8. The Hall–Kier alpha value is -3.54. The molecule has 0 saturated carbocycles. The summed E-state index contributed by atoms with van der Waals surface area (Å²) in [6.45, 7) is 11.3. The molecule has 2 aromatic heterocycles. The summed E-state index contributed by atoms with van der Waals surface area (Å²) in [5.74, 6) is -0.0839. The lowest BCUT2D eigenvalue weighted by Gasteiger charge is -2.31. The van der Waals surface area contributed by atoms with Crippen molar-refractivity contribution in [2.75, 3.05) is 6.54 Å². The van der Waals surface area contributed by atoms with Crippen molar-refractivity contribution >= 4 is 27.3 Å². The monoisotopic (exact) mass is 650 g/mol. The van der Waals surface area contributed by atoms with E-state index in [-0.39, 0.29) is 42.6 Å². The molecule has 1 aliphatic rings. The Morgan fingerprint density at radius 3 is 2.58 bits per heavy atom. The molecule has 0 saturated heterocycles. The normalized spacial score (nSPS) is 17.2. The lowest BCUT2D eigenvalue weighted by molar-refractivity contribution is -0.156. The van der Waals surface area contributed by atoms with Crippen LogP contribution in [0.3, 0.4) is 0 Å². The Balaban J connectivity index is 1.43. The maximum atomic E-state index is 13.8. The molecule has 0 bridgehead atoms. The van der Waals surface area contributed by atoms with Crippen molar-refractivity contribution in [1.29, 1.82) is 0 Å². The van der Waals surface area contributed by atoms with Crippen LogP contribution in [0.2, 0.25) is 0 Å². The number of sulfonamides is 1. The van der Waals surface area contributed by atoms with Gasteiger partial charge in [-0.1, -0.05) is 54.6 Å². The number of aryl methyl sites for hydroxylation is 3. The minimum atomic E-state index is -3.79. The molecule has 0 aliphatic carbocycles. The Bertz CT molecular complexity index is 1710. The molecule has 2 aromatic carbocycles. The number of thiophene rings is 1. The predicted molar refractivity (Wildman–Crippen MR) is 175 cm³/mol. The van der Waals surface area contributed by atoms with Crippen molar-refractivity contribution in [3.05, 3.63) is 93.4 Å². The SMILES string of the molecule is CC[C@@H]1CN(Cc2cc([C@@H](CCc3cn(CC)nn3)C(C)(C)C(=O)OCc3ccccc3)sc2C)S(=O)(=O)c2ccccc2O1. The Kier molecular flexibility index (Phi) is 10.1. The number of carbonyl (C=O) groups is 1. The number of rotatable bonds is 12. The van der Waals surface area contributed by atoms with Gasteiger partial charge in [0.1, 0.15) is 23.4 Å². The summed E-state index contributed by atoms with van der Waals surface area (Å²) in [7, 11) is -3.79. The molecule has 5 rings (SSSR count). The van der Waals surface area contributed by atoms with E-state index in [2.05, 4.69) is 16.4 Å². The first kappa shape index (κ1) is 32.8. The Labute approximate surface area is 270 Å². The van der Waals surface area contributed by atoms with Gasteiger partial charge in [-0.05, 0) is 76.3 Å². The lowest BCUT2D eigenvalue weighted by atomic mass is 9.75. The average Bonchev–Trinajstić information content (AvgIpc) is 3.62. The van der Waals surface area contributed by atoms with E-state index in [0.29, 0.717) is 25.0 Å². The van der Waals surface area contributed by atoms with Crippen molar-refractivity contribution in [1.82, 2.24) is 19.3 Å². The topological polar surface area (TPSA) is 104 Å². The molecule has 1 aliphatic heterocycles. The van der Waals surface area contributed by atoms with Gasteiger partial charge in [0.05, 0.1) is 17.7 Å². The fourth-order valence-electron chi connectivity index (χ4n) is 5.68. The molecule has 0 fully saturated rings. The Morgan fingerprint density at radius 1 is 1.13 bits per heavy atom. The van der Waals surface area contributed by atoms with Crippen LogP contribution in [-0.2, 0) is 45.7 Å². The van der Waals surface area contributed by atoms with Crippen LogP contribution in [0, 0.1) is 12.3 Å². The second-order valence-electron chi connectivity index (χ2n) is 12.1. The van der Waals surface area contributed by atoms with Gasteiger partial charge in [-0.25, -0.2) is 8.42 Å². The molecule has 0 spiro atoms. The van der Waals surface area contributed by atoms with E-state index < -0.39 is 15.4 Å². The molecule has 4 aromatic rings. The van der Waals surface area contributed by atoms with Crippen LogP contribution in [0.1, 0.15) is 73.0 Å². The third-order valence-corrected chi connectivity index (χ3v) is 11.6. The molecular weight excluding hydrogens is 609 g/mol. The van der Waals surface area contributed by atoms with E-state index in [4.69, 9.17) is 9.47 Å². The van der Waals surface area contributed by atoms with E-state index in [9.17, 15) is 13.2 Å². The van der Waals surface area contributed by atoms with Crippen LogP contribution >= 0.6 is 11.3 Å². The zero-order valence-electron chi connectivity index (χ0n) is 26.6. The molecular formula is C34H42N4O5S2. The summed E-state index contributed by atoms with van der Waals surface area (Å²) < 4.78 is 43.0. The van der Waals surface area contributed by atoms with Gasteiger partial charge < -0.3 is 9.47 Å². The molecule has 0 N–H and O–H groups in total. The van der Waals surface area contributed by atoms with Crippen LogP contribution in [0.4, 0.5) is 0 Å². The molecule has 2 atom stereocenters. The van der Waals surface area contributed by atoms with E-state index >= 15 is 0 Å². The summed E-state index contributed by atoms with van der Waals surface area (Å²) in [6, 6.07) is 18.6. The largest absolute Gasteiger partial charge is 0.488 e. The van der Waals surface area contributed by atoms with E-state index in [1.807, 2.05) is 71.1 Å². The zero-order valence-corrected chi connectivity index (χ0v) is 28.2. The van der Waals surface area contributed by atoms with Gasteiger partial charge in [-0.15, -0.1) is 16.4 Å². The van der Waals surface area contributed by atoms with Crippen molar-refractivity contribution in [3.8, 4) is 5.75 Å². The van der Waals surface area contributed by atoms with Gasteiger partial charge >= 0.3 is 5.97 Å². The highest BCUT2D eigenvalue weighted by Gasteiger charge is 2.41. The molecule has 240 valence electrons. The summed E-state index contributed by atoms with van der Waals surface area (Å²) in [5.41, 5.74) is 1.85. The third-order valence-electron chi connectivity index (χ3n) is 8.56. The third kappa shape index (κ3) is 7.31. The van der Waals surface area contributed by atoms with E-state index in [1.54, 1.807) is 40.3 Å². The second-order valence-corrected chi connectivity index (χ2v) is 15.3. The lowest BCUT2D eigenvalue weighted by Crippen LogP contribution is -2.36.